The normalized spacial score (nSPS) is 13.1. The molecule has 5 heteroatoms. The van der Waals surface area contributed by atoms with Gasteiger partial charge in [-0.15, -0.1) is 0 Å². The largest absolute Gasteiger partial charge is 0.493 e. The van der Waals surface area contributed by atoms with Crippen LogP contribution in [-0.4, -0.2) is 38.2 Å². The van der Waals surface area contributed by atoms with Crippen molar-refractivity contribution in [2.45, 2.75) is 26.3 Å². The van der Waals surface area contributed by atoms with Gasteiger partial charge in [0.15, 0.2) is 11.5 Å². The predicted molar refractivity (Wildman–Crippen MR) is 105 cm³/mol. The Morgan fingerprint density at radius 1 is 1.04 bits per heavy atom. The Morgan fingerprint density at radius 3 is 2.33 bits per heavy atom. The molecular weight excluding hydrogens is 342 g/mol. The van der Waals surface area contributed by atoms with Gasteiger partial charge in [-0.1, -0.05) is 6.07 Å². The SMILES string of the molecule is CCN(Cc1ccc(OC)c(OC)c1)C(=O)c1ccc(OCC2CC2)cc1. The first-order valence-corrected chi connectivity index (χ1v) is 9.37. The number of hydrogen-bond acceptors (Lipinski definition) is 4. The second kappa shape index (κ2) is 8.80. The molecule has 0 heterocycles. The molecule has 1 saturated carbocycles. The van der Waals surface area contributed by atoms with Gasteiger partial charge in [0, 0.05) is 18.7 Å². The number of nitrogens with zero attached hydrogens (tertiary/aromatic N) is 1. The first kappa shape index (κ1) is 19.1. The number of methoxy groups -OCH3 is 2. The summed E-state index contributed by atoms with van der Waals surface area (Å²) in [6.07, 6.45) is 2.52. The van der Waals surface area contributed by atoms with Crippen molar-refractivity contribution in [2.75, 3.05) is 27.4 Å². The van der Waals surface area contributed by atoms with E-state index in [1.54, 1.807) is 19.1 Å². The maximum Gasteiger partial charge on any atom is 0.254 e. The summed E-state index contributed by atoms with van der Waals surface area (Å²) in [5.41, 5.74) is 1.66. The molecule has 3 rings (SSSR count). The molecule has 2 aromatic rings. The third-order valence-electron chi connectivity index (χ3n) is 4.77. The summed E-state index contributed by atoms with van der Waals surface area (Å²) in [4.78, 5) is 14.7. The zero-order chi connectivity index (χ0) is 19.2. The van der Waals surface area contributed by atoms with E-state index in [9.17, 15) is 4.79 Å². The number of benzene rings is 2. The summed E-state index contributed by atoms with van der Waals surface area (Å²) in [5.74, 6) is 2.87. The van der Waals surface area contributed by atoms with Crippen LogP contribution in [0.4, 0.5) is 0 Å². The van der Waals surface area contributed by atoms with Gasteiger partial charge in [-0.3, -0.25) is 4.79 Å². The molecule has 27 heavy (non-hydrogen) atoms. The Bertz CT molecular complexity index is 768. The van der Waals surface area contributed by atoms with Crippen LogP contribution in [0.1, 0.15) is 35.7 Å². The fraction of sp³-hybridized carbons (Fsp3) is 0.409. The number of amides is 1. The van der Waals surface area contributed by atoms with Crippen LogP contribution in [0.15, 0.2) is 42.5 Å². The molecule has 1 aliphatic carbocycles. The van der Waals surface area contributed by atoms with Crippen molar-refractivity contribution >= 4 is 5.91 Å². The molecule has 0 aliphatic heterocycles. The van der Waals surface area contributed by atoms with Crippen LogP contribution in [-0.2, 0) is 6.54 Å². The van der Waals surface area contributed by atoms with Crippen LogP contribution in [0.3, 0.4) is 0 Å². The van der Waals surface area contributed by atoms with Crippen molar-refractivity contribution < 1.29 is 19.0 Å². The quantitative estimate of drug-likeness (QED) is 0.666. The summed E-state index contributed by atoms with van der Waals surface area (Å²) in [6.45, 7) is 3.88. The van der Waals surface area contributed by atoms with E-state index < -0.39 is 0 Å². The molecule has 1 fully saturated rings. The Kier molecular flexibility index (Phi) is 6.22. The average molecular weight is 369 g/mol. The van der Waals surface area contributed by atoms with E-state index in [-0.39, 0.29) is 5.91 Å². The van der Waals surface area contributed by atoms with Gasteiger partial charge in [0.2, 0.25) is 0 Å². The molecule has 2 aromatic carbocycles. The minimum atomic E-state index is 0.000952. The summed E-state index contributed by atoms with van der Waals surface area (Å²) >= 11 is 0. The molecular formula is C22H27NO4. The van der Waals surface area contributed by atoms with Crippen LogP contribution in [0.25, 0.3) is 0 Å². The molecule has 0 N–H and O–H groups in total. The van der Waals surface area contributed by atoms with Crippen LogP contribution in [0, 0.1) is 5.92 Å². The lowest BCUT2D eigenvalue weighted by molar-refractivity contribution is 0.0752. The van der Waals surface area contributed by atoms with Crippen molar-refractivity contribution in [2.24, 2.45) is 5.92 Å². The zero-order valence-corrected chi connectivity index (χ0v) is 16.2. The van der Waals surface area contributed by atoms with Crippen molar-refractivity contribution in [3.8, 4) is 17.2 Å². The molecule has 0 bridgehead atoms. The molecule has 0 aromatic heterocycles. The van der Waals surface area contributed by atoms with Crippen molar-refractivity contribution in [1.82, 2.24) is 4.90 Å². The van der Waals surface area contributed by atoms with Crippen LogP contribution >= 0.6 is 0 Å². The van der Waals surface area contributed by atoms with Gasteiger partial charge in [-0.25, -0.2) is 0 Å². The Labute approximate surface area is 160 Å². The lowest BCUT2D eigenvalue weighted by Gasteiger charge is -2.22. The smallest absolute Gasteiger partial charge is 0.254 e. The number of hydrogen-bond donors (Lipinski definition) is 0. The fourth-order valence-corrected chi connectivity index (χ4v) is 2.90. The van der Waals surface area contributed by atoms with E-state index >= 15 is 0 Å². The lowest BCUT2D eigenvalue weighted by atomic mass is 10.1. The number of carbonyl (C=O) groups excluding carboxylic acids is 1. The van der Waals surface area contributed by atoms with E-state index in [1.165, 1.54) is 12.8 Å². The van der Waals surface area contributed by atoms with Gasteiger partial charge in [-0.05, 0) is 67.6 Å². The molecule has 5 nitrogen and oxygen atoms in total. The molecule has 0 atom stereocenters. The average Bonchev–Trinajstić information content (AvgIpc) is 3.54. The lowest BCUT2D eigenvalue weighted by Crippen LogP contribution is -2.30. The Hall–Kier alpha value is -2.69. The molecule has 0 radical (unpaired) electrons. The van der Waals surface area contributed by atoms with Gasteiger partial charge in [-0.2, -0.15) is 0 Å². The van der Waals surface area contributed by atoms with Gasteiger partial charge >= 0.3 is 0 Å². The Morgan fingerprint density at radius 2 is 1.74 bits per heavy atom. The third-order valence-corrected chi connectivity index (χ3v) is 4.77. The second-order valence-corrected chi connectivity index (χ2v) is 6.79. The molecule has 0 saturated heterocycles. The number of carbonyl (C=O) groups is 1. The highest BCUT2D eigenvalue weighted by Gasteiger charge is 2.22. The summed E-state index contributed by atoms with van der Waals surface area (Å²) < 4.78 is 16.4. The van der Waals surface area contributed by atoms with Gasteiger partial charge in [0.05, 0.1) is 20.8 Å². The van der Waals surface area contributed by atoms with Gasteiger partial charge in [0.25, 0.3) is 5.91 Å². The molecule has 1 amide bonds. The van der Waals surface area contributed by atoms with E-state index in [0.29, 0.717) is 36.1 Å². The highest BCUT2D eigenvalue weighted by Crippen LogP contribution is 2.30. The second-order valence-electron chi connectivity index (χ2n) is 6.79. The zero-order valence-electron chi connectivity index (χ0n) is 16.2. The maximum atomic E-state index is 12.9. The highest BCUT2D eigenvalue weighted by molar-refractivity contribution is 5.94. The standard InChI is InChI=1S/C22H27NO4/c1-4-23(14-17-7-12-20(25-2)21(13-17)26-3)22(24)18-8-10-19(11-9-18)27-15-16-5-6-16/h7-13,16H,4-6,14-15H2,1-3H3. The maximum absolute atomic E-state index is 12.9. The first-order valence-electron chi connectivity index (χ1n) is 9.37. The number of ether oxygens (including phenoxy) is 3. The first-order chi connectivity index (χ1) is 13.1. The van der Waals surface area contributed by atoms with E-state index in [1.807, 2.05) is 49.4 Å². The monoisotopic (exact) mass is 369 g/mol. The summed E-state index contributed by atoms with van der Waals surface area (Å²) in [6, 6.07) is 13.1. The fourth-order valence-electron chi connectivity index (χ4n) is 2.90. The highest BCUT2D eigenvalue weighted by atomic mass is 16.5. The van der Waals surface area contributed by atoms with Gasteiger partial charge < -0.3 is 19.1 Å². The van der Waals surface area contributed by atoms with E-state index in [4.69, 9.17) is 14.2 Å². The molecule has 144 valence electrons. The van der Waals surface area contributed by atoms with Crippen molar-refractivity contribution in [3.05, 3.63) is 53.6 Å². The van der Waals surface area contributed by atoms with Crippen molar-refractivity contribution in [1.29, 1.82) is 0 Å². The van der Waals surface area contributed by atoms with Gasteiger partial charge in [0.1, 0.15) is 5.75 Å². The van der Waals surface area contributed by atoms with Crippen molar-refractivity contribution in [3.63, 3.8) is 0 Å². The summed E-state index contributed by atoms with van der Waals surface area (Å²) in [5, 5.41) is 0. The predicted octanol–water partition coefficient (Wildman–Crippen LogP) is 4.15. The van der Waals surface area contributed by atoms with Crippen LogP contribution < -0.4 is 14.2 Å². The minimum absolute atomic E-state index is 0.000952. The molecule has 1 aliphatic rings. The topological polar surface area (TPSA) is 48.0 Å². The van der Waals surface area contributed by atoms with Crippen LogP contribution in [0.5, 0.6) is 17.2 Å². The minimum Gasteiger partial charge on any atom is -0.493 e. The van der Waals surface area contributed by atoms with E-state index in [0.717, 1.165) is 17.9 Å². The molecule has 0 spiro atoms. The van der Waals surface area contributed by atoms with Crippen LogP contribution in [0.2, 0.25) is 0 Å². The summed E-state index contributed by atoms with van der Waals surface area (Å²) in [7, 11) is 3.22. The third kappa shape index (κ3) is 4.94. The number of rotatable bonds is 9. The molecule has 0 unspecified atom stereocenters. The van der Waals surface area contributed by atoms with E-state index in [2.05, 4.69) is 0 Å². The Balaban J connectivity index is 1.66.